The van der Waals surface area contributed by atoms with Crippen molar-refractivity contribution in [3.05, 3.63) is 115 Å². The predicted molar refractivity (Wildman–Crippen MR) is 120 cm³/mol. The van der Waals surface area contributed by atoms with Crippen molar-refractivity contribution in [2.45, 2.75) is 13.0 Å². The normalized spacial score (nSPS) is 11.8. The quantitative estimate of drug-likeness (QED) is 0.491. The molecule has 30 heavy (non-hydrogen) atoms. The van der Waals surface area contributed by atoms with Crippen LogP contribution in [0.2, 0.25) is 5.02 Å². The van der Waals surface area contributed by atoms with Crippen molar-refractivity contribution < 1.29 is 4.79 Å². The summed E-state index contributed by atoms with van der Waals surface area (Å²) >= 11 is 7.51. The van der Waals surface area contributed by atoms with Crippen LogP contribution in [-0.4, -0.2) is 15.7 Å². The number of amides is 1. The molecule has 1 N–H and O–H groups in total. The Morgan fingerprint density at radius 1 is 1.07 bits per heavy atom. The molecule has 1 atom stereocenters. The smallest absolute Gasteiger partial charge is 0.276 e. The Balaban J connectivity index is 1.71. The van der Waals surface area contributed by atoms with Gasteiger partial charge in [0.25, 0.3) is 5.91 Å². The number of benzene rings is 2. The van der Waals surface area contributed by atoms with E-state index in [9.17, 15) is 9.59 Å². The molecule has 0 bridgehead atoms. The fourth-order valence-electron chi connectivity index (χ4n) is 3.17. The van der Waals surface area contributed by atoms with E-state index < -0.39 is 11.3 Å². The largest absolute Gasteiger partial charge is 0.339 e. The van der Waals surface area contributed by atoms with Crippen LogP contribution in [0.5, 0.6) is 0 Å². The van der Waals surface area contributed by atoms with Crippen LogP contribution < -0.4 is 10.7 Å². The van der Waals surface area contributed by atoms with Crippen molar-refractivity contribution in [2.24, 2.45) is 0 Å². The number of hydrogen-bond donors (Lipinski definition) is 1. The number of aromatic nitrogens is 2. The summed E-state index contributed by atoms with van der Waals surface area (Å²) in [6.07, 6.45) is 0. The summed E-state index contributed by atoms with van der Waals surface area (Å²) in [7, 11) is 0. The summed E-state index contributed by atoms with van der Waals surface area (Å²) in [6.45, 7) is 1.77. The molecule has 0 aliphatic heterocycles. The van der Waals surface area contributed by atoms with Crippen LogP contribution in [0.25, 0.3) is 5.69 Å². The Kier molecular flexibility index (Phi) is 5.79. The maximum atomic E-state index is 13.1. The summed E-state index contributed by atoms with van der Waals surface area (Å²) in [6, 6.07) is 21.6. The lowest BCUT2D eigenvalue weighted by Gasteiger charge is -2.18. The maximum absolute atomic E-state index is 13.1. The van der Waals surface area contributed by atoms with Gasteiger partial charge in [-0.05, 0) is 48.2 Å². The van der Waals surface area contributed by atoms with Gasteiger partial charge in [0.15, 0.2) is 5.69 Å². The lowest BCUT2D eigenvalue weighted by atomic mass is 10.1. The molecule has 1 amide bonds. The van der Waals surface area contributed by atoms with Crippen molar-refractivity contribution in [1.82, 2.24) is 15.1 Å². The number of rotatable bonds is 5. The van der Waals surface area contributed by atoms with Crippen LogP contribution >= 0.6 is 22.9 Å². The third kappa shape index (κ3) is 4.20. The van der Waals surface area contributed by atoms with Crippen LogP contribution in [0, 0.1) is 6.92 Å². The summed E-state index contributed by atoms with van der Waals surface area (Å²) < 4.78 is 1.56. The Labute approximate surface area is 182 Å². The molecule has 0 spiro atoms. The molecular formula is C23H18ClN3O2S. The third-order valence-corrected chi connectivity index (χ3v) is 5.82. The third-order valence-electron chi connectivity index (χ3n) is 4.63. The SMILES string of the molecule is Cc1cc(=O)c(C(=O)NC(c2ccccc2)c2cccs2)nn1-c1ccc(Cl)cc1. The van der Waals surface area contributed by atoms with Gasteiger partial charge in [-0.2, -0.15) is 5.10 Å². The summed E-state index contributed by atoms with van der Waals surface area (Å²) in [4.78, 5) is 26.6. The molecule has 0 saturated carbocycles. The lowest BCUT2D eigenvalue weighted by molar-refractivity contribution is 0.0935. The van der Waals surface area contributed by atoms with E-state index in [1.807, 2.05) is 47.8 Å². The number of halogens is 1. The van der Waals surface area contributed by atoms with E-state index in [-0.39, 0.29) is 11.7 Å². The number of carbonyl (C=O) groups excluding carboxylic acids is 1. The summed E-state index contributed by atoms with van der Waals surface area (Å²) in [5.41, 5.74) is 1.68. The van der Waals surface area contributed by atoms with Gasteiger partial charge in [0.1, 0.15) is 0 Å². The van der Waals surface area contributed by atoms with E-state index in [0.29, 0.717) is 16.4 Å². The topological polar surface area (TPSA) is 64.0 Å². The van der Waals surface area contributed by atoms with Crippen molar-refractivity contribution in [3.8, 4) is 5.69 Å². The zero-order chi connectivity index (χ0) is 21.1. The molecule has 4 rings (SSSR count). The summed E-state index contributed by atoms with van der Waals surface area (Å²) in [5.74, 6) is -0.523. The van der Waals surface area contributed by atoms with Gasteiger partial charge in [-0.15, -0.1) is 11.3 Å². The molecule has 2 aromatic carbocycles. The first-order chi connectivity index (χ1) is 14.5. The first-order valence-corrected chi connectivity index (χ1v) is 10.5. The molecule has 0 radical (unpaired) electrons. The molecular weight excluding hydrogens is 418 g/mol. The van der Waals surface area contributed by atoms with Crippen molar-refractivity contribution in [3.63, 3.8) is 0 Å². The van der Waals surface area contributed by atoms with Gasteiger partial charge in [-0.1, -0.05) is 48.0 Å². The molecule has 150 valence electrons. The molecule has 0 aliphatic carbocycles. The molecule has 2 aromatic heterocycles. The van der Waals surface area contributed by atoms with Gasteiger partial charge < -0.3 is 5.32 Å². The fourth-order valence-corrected chi connectivity index (χ4v) is 4.10. The number of hydrogen-bond acceptors (Lipinski definition) is 4. The predicted octanol–water partition coefficient (Wildman–Crippen LogP) is 4.78. The van der Waals surface area contributed by atoms with Crippen LogP contribution in [-0.2, 0) is 0 Å². The highest BCUT2D eigenvalue weighted by Gasteiger charge is 2.22. The molecule has 1 unspecified atom stereocenters. The number of nitrogens with one attached hydrogen (secondary N) is 1. The highest BCUT2D eigenvalue weighted by Crippen LogP contribution is 2.26. The molecule has 0 aliphatic rings. The van der Waals surface area contributed by atoms with Crippen LogP contribution in [0.1, 0.15) is 32.7 Å². The Morgan fingerprint density at radius 2 is 1.80 bits per heavy atom. The van der Waals surface area contributed by atoms with E-state index in [1.165, 1.54) is 6.07 Å². The average molecular weight is 436 g/mol. The standard InChI is InChI=1S/C23H18ClN3O2S/c1-15-14-19(28)22(26-27(15)18-11-9-17(24)10-12-18)23(29)25-21(20-8-5-13-30-20)16-6-3-2-4-7-16/h2-14,21H,1H3,(H,25,29). The maximum Gasteiger partial charge on any atom is 0.276 e. The molecule has 0 fully saturated rings. The molecule has 0 saturated heterocycles. The Morgan fingerprint density at radius 3 is 2.47 bits per heavy atom. The van der Waals surface area contributed by atoms with E-state index >= 15 is 0 Å². The highest BCUT2D eigenvalue weighted by atomic mass is 35.5. The number of carbonyl (C=O) groups is 1. The van der Waals surface area contributed by atoms with Gasteiger partial charge in [-0.3, -0.25) is 9.59 Å². The monoisotopic (exact) mass is 435 g/mol. The van der Waals surface area contributed by atoms with E-state index in [0.717, 1.165) is 10.4 Å². The zero-order valence-corrected chi connectivity index (χ0v) is 17.7. The first kappa shape index (κ1) is 20.1. The number of aryl methyl sites for hydroxylation is 1. The minimum atomic E-state index is -0.523. The second kappa shape index (κ2) is 8.65. The van der Waals surface area contributed by atoms with E-state index in [4.69, 9.17) is 11.6 Å². The van der Waals surface area contributed by atoms with Crippen LogP contribution in [0.4, 0.5) is 0 Å². The second-order valence-corrected chi connectivity index (χ2v) is 8.14. The second-order valence-electron chi connectivity index (χ2n) is 6.72. The van der Waals surface area contributed by atoms with Gasteiger partial charge >= 0.3 is 0 Å². The minimum absolute atomic E-state index is 0.159. The fraction of sp³-hybridized carbons (Fsp3) is 0.0870. The number of nitrogens with zero attached hydrogens (tertiary/aromatic N) is 2. The number of thiophene rings is 1. The van der Waals surface area contributed by atoms with Crippen molar-refractivity contribution in [1.29, 1.82) is 0 Å². The lowest BCUT2D eigenvalue weighted by Crippen LogP contribution is -2.34. The van der Waals surface area contributed by atoms with Crippen molar-refractivity contribution >= 4 is 28.8 Å². The zero-order valence-electron chi connectivity index (χ0n) is 16.1. The Bertz CT molecular complexity index is 1220. The van der Waals surface area contributed by atoms with Crippen LogP contribution in [0.3, 0.4) is 0 Å². The van der Waals surface area contributed by atoms with E-state index in [1.54, 1.807) is 47.2 Å². The average Bonchev–Trinajstić information content (AvgIpc) is 3.28. The van der Waals surface area contributed by atoms with Gasteiger partial charge in [0.05, 0.1) is 11.7 Å². The molecule has 5 nitrogen and oxygen atoms in total. The van der Waals surface area contributed by atoms with Crippen molar-refractivity contribution in [2.75, 3.05) is 0 Å². The molecule has 4 aromatic rings. The van der Waals surface area contributed by atoms with Gasteiger partial charge in [-0.25, -0.2) is 4.68 Å². The summed E-state index contributed by atoms with van der Waals surface area (Å²) in [5, 5.41) is 9.87. The van der Waals surface area contributed by atoms with E-state index in [2.05, 4.69) is 10.4 Å². The Hall–Kier alpha value is -3.22. The van der Waals surface area contributed by atoms with Gasteiger partial charge in [0, 0.05) is 21.7 Å². The van der Waals surface area contributed by atoms with Crippen LogP contribution in [0.15, 0.2) is 83.0 Å². The van der Waals surface area contributed by atoms with Gasteiger partial charge in [0.2, 0.25) is 5.43 Å². The highest BCUT2D eigenvalue weighted by molar-refractivity contribution is 7.10. The molecule has 7 heteroatoms. The molecule has 2 heterocycles. The first-order valence-electron chi connectivity index (χ1n) is 9.29. The minimum Gasteiger partial charge on any atom is -0.339 e.